The lowest BCUT2D eigenvalue weighted by molar-refractivity contribution is 0.805. The second-order valence-corrected chi connectivity index (χ2v) is 15.2. The molecule has 0 aliphatic rings. The zero-order valence-electron chi connectivity index (χ0n) is 32.3. The van der Waals surface area contributed by atoms with Crippen molar-refractivity contribution >= 4 is 22.9 Å². The standard InChI is InChI=1S/C55H48/c1-38-19-32-49(40(3)35-38)55(50-33-20-39(2)36-41(50)4)53-34-31-47(51-17-11-12-18-52(51)53)26-25-42-21-23-43(24-22-42)37-54(46-15-9-6-10-16-46)48-29-27-45(28-30-48)44-13-7-5-8-14-44/h5-36,54-55H,37H2,1-4H3/b26-25+. The van der Waals surface area contributed by atoms with Crippen LogP contribution in [0.1, 0.15) is 78.6 Å². The summed E-state index contributed by atoms with van der Waals surface area (Å²) < 4.78 is 0. The van der Waals surface area contributed by atoms with Crippen molar-refractivity contribution in [2.45, 2.75) is 46.0 Å². The van der Waals surface area contributed by atoms with E-state index in [1.807, 2.05) is 0 Å². The molecule has 8 aromatic rings. The normalized spacial score (nSPS) is 12.1. The van der Waals surface area contributed by atoms with Crippen LogP contribution in [0, 0.1) is 27.7 Å². The van der Waals surface area contributed by atoms with E-state index in [-0.39, 0.29) is 11.8 Å². The Kier molecular flexibility index (Phi) is 10.4. The van der Waals surface area contributed by atoms with Gasteiger partial charge in [0, 0.05) is 11.8 Å². The number of aryl methyl sites for hydroxylation is 4. The fourth-order valence-corrected chi connectivity index (χ4v) is 8.38. The van der Waals surface area contributed by atoms with Crippen LogP contribution in [0.3, 0.4) is 0 Å². The Bertz CT molecular complexity index is 2520. The van der Waals surface area contributed by atoms with E-state index in [4.69, 9.17) is 0 Å². The van der Waals surface area contributed by atoms with Gasteiger partial charge in [0.1, 0.15) is 0 Å². The van der Waals surface area contributed by atoms with Crippen LogP contribution in [0.25, 0.3) is 34.1 Å². The lowest BCUT2D eigenvalue weighted by Gasteiger charge is -2.25. The van der Waals surface area contributed by atoms with Crippen LogP contribution >= 0.6 is 0 Å². The maximum atomic E-state index is 2.37. The minimum atomic E-state index is 0.137. The van der Waals surface area contributed by atoms with Crippen molar-refractivity contribution in [1.29, 1.82) is 0 Å². The Morgan fingerprint density at radius 1 is 0.418 bits per heavy atom. The second kappa shape index (κ2) is 16.0. The fraction of sp³-hybridized carbons (Fsp3) is 0.127. The minimum absolute atomic E-state index is 0.137. The SMILES string of the molecule is Cc1ccc(C(c2ccc(C)cc2C)c2ccc(/C=C/c3ccc(CC(c4ccccc4)c4ccc(-c5ccccc5)cc4)cc3)c3ccccc23)c(C)c1. The second-order valence-electron chi connectivity index (χ2n) is 15.2. The predicted molar refractivity (Wildman–Crippen MR) is 236 cm³/mol. The molecule has 0 spiro atoms. The molecule has 1 atom stereocenters. The highest BCUT2D eigenvalue weighted by Gasteiger charge is 2.23. The van der Waals surface area contributed by atoms with Crippen molar-refractivity contribution in [3.8, 4) is 11.1 Å². The van der Waals surface area contributed by atoms with E-state index in [2.05, 4.69) is 222 Å². The first-order valence-corrected chi connectivity index (χ1v) is 19.5. The Balaban J connectivity index is 1.08. The number of fused-ring (bicyclic) bond motifs is 1. The molecular formula is C55H48. The molecule has 8 aromatic carbocycles. The molecule has 0 aliphatic carbocycles. The van der Waals surface area contributed by atoms with Crippen LogP contribution in [-0.2, 0) is 6.42 Å². The summed E-state index contributed by atoms with van der Waals surface area (Å²) in [5.41, 5.74) is 18.3. The van der Waals surface area contributed by atoms with Crippen LogP contribution in [0.5, 0.6) is 0 Å². The lowest BCUT2D eigenvalue weighted by Crippen LogP contribution is -2.08. The summed E-state index contributed by atoms with van der Waals surface area (Å²) in [5.74, 6) is 0.409. The first kappa shape index (κ1) is 35.8. The Morgan fingerprint density at radius 3 is 1.56 bits per heavy atom. The van der Waals surface area contributed by atoms with Gasteiger partial charge >= 0.3 is 0 Å². The number of hydrogen-bond acceptors (Lipinski definition) is 0. The summed E-state index contributed by atoms with van der Waals surface area (Å²) in [5, 5.41) is 2.57. The average molecular weight is 709 g/mol. The van der Waals surface area contributed by atoms with E-state index in [1.165, 1.54) is 88.7 Å². The van der Waals surface area contributed by atoms with Gasteiger partial charge in [0.05, 0.1) is 0 Å². The average Bonchev–Trinajstić information content (AvgIpc) is 3.22. The highest BCUT2D eigenvalue weighted by Crippen LogP contribution is 2.40. The monoisotopic (exact) mass is 708 g/mol. The van der Waals surface area contributed by atoms with Gasteiger partial charge in [-0.2, -0.15) is 0 Å². The van der Waals surface area contributed by atoms with Gasteiger partial charge in [0.25, 0.3) is 0 Å². The third kappa shape index (κ3) is 7.87. The van der Waals surface area contributed by atoms with Gasteiger partial charge in [-0.05, 0) is 112 Å². The summed E-state index contributed by atoms with van der Waals surface area (Å²) in [4.78, 5) is 0. The number of rotatable bonds is 10. The van der Waals surface area contributed by atoms with E-state index in [0.717, 1.165) is 6.42 Å². The lowest BCUT2D eigenvalue weighted by atomic mass is 9.78. The highest BCUT2D eigenvalue weighted by molar-refractivity contribution is 5.96. The van der Waals surface area contributed by atoms with Gasteiger partial charge in [0.15, 0.2) is 0 Å². The van der Waals surface area contributed by atoms with Gasteiger partial charge in [-0.25, -0.2) is 0 Å². The molecule has 0 saturated carbocycles. The van der Waals surface area contributed by atoms with Crippen LogP contribution in [0.4, 0.5) is 0 Å². The Labute approximate surface area is 327 Å². The molecule has 0 amide bonds. The summed E-state index contributed by atoms with van der Waals surface area (Å²) >= 11 is 0. The quantitative estimate of drug-likeness (QED) is 0.0980. The van der Waals surface area contributed by atoms with E-state index < -0.39 is 0 Å². The third-order valence-electron chi connectivity index (χ3n) is 11.3. The Hall–Kier alpha value is -6.24. The fourth-order valence-electron chi connectivity index (χ4n) is 8.38. The zero-order valence-corrected chi connectivity index (χ0v) is 32.3. The molecule has 0 fully saturated rings. The van der Waals surface area contributed by atoms with Crippen molar-refractivity contribution in [3.63, 3.8) is 0 Å². The van der Waals surface area contributed by atoms with Gasteiger partial charge < -0.3 is 0 Å². The molecule has 0 aliphatic heterocycles. The molecule has 0 aromatic heterocycles. The molecule has 1 unspecified atom stereocenters. The maximum Gasteiger partial charge on any atom is 0.0351 e. The molecule has 0 saturated heterocycles. The summed E-state index contributed by atoms with van der Waals surface area (Å²) in [7, 11) is 0. The van der Waals surface area contributed by atoms with E-state index in [1.54, 1.807) is 0 Å². The molecule has 0 bridgehead atoms. The Morgan fingerprint density at radius 2 is 0.945 bits per heavy atom. The van der Waals surface area contributed by atoms with Crippen LogP contribution in [0.15, 0.2) is 182 Å². The number of hydrogen-bond donors (Lipinski definition) is 0. The number of benzene rings is 8. The van der Waals surface area contributed by atoms with Crippen LogP contribution in [-0.4, -0.2) is 0 Å². The topological polar surface area (TPSA) is 0 Å². The van der Waals surface area contributed by atoms with Crippen molar-refractivity contribution in [3.05, 3.63) is 249 Å². The van der Waals surface area contributed by atoms with E-state index in [0.29, 0.717) is 0 Å². The summed E-state index contributed by atoms with van der Waals surface area (Å²) in [6.07, 6.45) is 5.48. The molecule has 8 rings (SSSR count). The highest BCUT2D eigenvalue weighted by atomic mass is 14.3. The first-order valence-electron chi connectivity index (χ1n) is 19.5. The smallest absolute Gasteiger partial charge is 0.0351 e. The van der Waals surface area contributed by atoms with Crippen molar-refractivity contribution in [1.82, 2.24) is 0 Å². The molecule has 0 nitrogen and oxygen atoms in total. The maximum absolute atomic E-state index is 2.37. The molecule has 268 valence electrons. The van der Waals surface area contributed by atoms with Crippen LogP contribution < -0.4 is 0 Å². The van der Waals surface area contributed by atoms with Crippen molar-refractivity contribution < 1.29 is 0 Å². The van der Waals surface area contributed by atoms with Crippen molar-refractivity contribution in [2.24, 2.45) is 0 Å². The summed E-state index contributed by atoms with van der Waals surface area (Å²) in [6.45, 7) is 8.88. The molecule has 0 heterocycles. The van der Waals surface area contributed by atoms with Gasteiger partial charge in [0.2, 0.25) is 0 Å². The van der Waals surface area contributed by atoms with Gasteiger partial charge in [-0.1, -0.05) is 205 Å². The van der Waals surface area contributed by atoms with E-state index >= 15 is 0 Å². The molecule has 55 heavy (non-hydrogen) atoms. The van der Waals surface area contributed by atoms with Crippen LogP contribution in [0.2, 0.25) is 0 Å². The van der Waals surface area contributed by atoms with Crippen molar-refractivity contribution in [2.75, 3.05) is 0 Å². The molecule has 0 N–H and O–H groups in total. The van der Waals surface area contributed by atoms with E-state index in [9.17, 15) is 0 Å². The first-order chi connectivity index (χ1) is 26.9. The minimum Gasteiger partial charge on any atom is -0.0622 e. The summed E-state index contributed by atoms with van der Waals surface area (Å²) in [6, 6.07) is 67.2. The molecule has 0 heteroatoms. The zero-order chi connectivity index (χ0) is 37.7. The predicted octanol–water partition coefficient (Wildman–Crippen LogP) is 14.5. The van der Waals surface area contributed by atoms with Gasteiger partial charge in [-0.15, -0.1) is 0 Å². The molecular weight excluding hydrogens is 661 g/mol. The largest absolute Gasteiger partial charge is 0.0622 e. The molecule has 0 radical (unpaired) electrons. The third-order valence-corrected chi connectivity index (χ3v) is 11.3. The van der Waals surface area contributed by atoms with Gasteiger partial charge in [-0.3, -0.25) is 0 Å².